The first-order valence-electron chi connectivity index (χ1n) is 11.7. The molecule has 0 saturated heterocycles. The monoisotopic (exact) mass is 530 g/mol. The van der Waals surface area contributed by atoms with Crippen LogP contribution in [0.5, 0.6) is 0 Å². The second-order valence-corrected chi connectivity index (χ2v) is 8.64. The van der Waals surface area contributed by atoms with E-state index in [1.165, 1.54) is 0 Å². The zero-order valence-corrected chi connectivity index (χ0v) is 23.5. The number of carbonyl (C=O) groups excluding carboxylic acids is 3. The minimum atomic E-state index is -1.29. The Kier molecular flexibility index (Phi) is 13.1. The van der Waals surface area contributed by atoms with Gasteiger partial charge in [-0.2, -0.15) is 0 Å². The van der Waals surface area contributed by atoms with Crippen LogP contribution in [0.15, 0.2) is 72.9 Å². The maximum absolute atomic E-state index is 12.4. The van der Waals surface area contributed by atoms with E-state index >= 15 is 0 Å². The van der Waals surface area contributed by atoms with Crippen molar-refractivity contribution < 1.29 is 49.0 Å². The molecule has 0 saturated carbocycles. The fourth-order valence-corrected chi connectivity index (χ4v) is 3.79. The van der Waals surface area contributed by atoms with Gasteiger partial charge >= 0.3 is 29.6 Å². The summed E-state index contributed by atoms with van der Waals surface area (Å²) in [5.41, 5.74) is 2.44. The van der Waals surface area contributed by atoms with Gasteiger partial charge in [-0.15, -0.1) is 0 Å². The first kappa shape index (κ1) is 30.3. The molecule has 37 heavy (non-hydrogen) atoms. The van der Waals surface area contributed by atoms with Gasteiger partial charge in [-0.05, 0) is 53.8 Å². The number of pyridine rings is 1. The zero-order valence-electron chi connectivity index (χ0n) is 20.7. The van der Waals surface area contributed by atoms with E-state index in [1.54, 1.807) is 24.4 Å². The number of hydrogen-bond donors (Lipinski definition) is 3. The van der Waals surface area contributed by atoms with Crippen LogP contribution in [0.2, 0.25) is 5.02 Å². The average Bonchev–Trinajstić information content (AvgIpc) is 2.87. The van der Waals surface area contributed by atoms with Gasteiger partial charge in [-0.3, -0.25) is 9.59 Å². The Labute approximate surface area is 243 Å². The van der Waals surface area contributed by atoms with Gasteiger partial charge in [0.1, 0.15) is 5.82 Å². The maximum atomic E-state index is 12.4. The van der Waals surface area contributed by atoms with Crippen molar-refractivity contribution in [2.24, 2.45) is 0 Å². The third-order valence-electron chi connectivity index (χ3n) is 5.42. The number of halogens is 1. The molecule has 188 valence electrons. The molecule has 1 unspecified atom stereocenters. The van der Waals surface area contributed by atoms with E-state index in [2.05, 4.69) is 20.9 Å². The van der Waals surface area contributed by atoms with Crippen molar-refractivity contribution in [2.75, 3.05) is 18.4 Å². The van der Waals surface area contributed by atoms with Crippen LogP contribution in [0.1, 0.15) is 37.3 Å². The number of amides is 2. The molecule has 0 aliphatic rings. The largest absolute Gasteiger partial charge is 1.00 e. The number of aromatic nitrogens is 1. The van der Waals surface area contributed by atoms with E-state index < -0.39 is 17.9 Å². The Morgan fingerprint density at radius 3 is 2.38 bits per heavy atom. The van der Waals surface area contributed by atoms with Crippen LogP contribution >= 0.6 is 11.6 Å². The molecule has 10 heteroatoms. The van der Waals surface area contributed by atoms with E-state index in [4.69, 9.17) is 11.6 Å². The van der Waals surface area contributed by atoms with Crippen molar-refractivity contribution in [1.29, 1.82) is 0 Å². The molecule has 0 spiro atoms. The number of benzene rings is 2. The predicted octanol–water partition coefficient (Wildman–Crippen LogP) is 0.102. The summed E-state index contributed by atoms with van der Waals surface area (Å²) in [6, 6.07) is 19.4. The number of nitrogens with one attached hydrogen (secondary N) is 3. The van der Waals surface area contributed by atoms with Gasteiger partial charge in [0.25, 0.3) is 0 Å². The van der Waals surface area contributed by atoms with Crippen molar-refractivity contribution in [3.63, 3.8) is 0 Å². The summed E-state index contributed by atoms with van der Waals surface area (Å²) < 4.78 is 0. The van der Waals surface area contributed by atoms with E-state index in [1.807, 2.05) is 48.5 Å². The fourth-order valence-electron chi connectivity index (χ4n) is 3.60. The molecule has 2 aromatic carbocycles. The molecule has 1 atom stereocenters. The number of rotatable bonds is 13. The Morgan fingerprint density at radius 2 is 1.70 bits per heavy atom. The first-order valence-corrected chi connectivity index (χ1v) is 12.1. The van der Waals surface area contributed by atoms with Gasteiger partial charge in [0, 0.05) is 36.6 Å². The number of nitrogens with zero attached hydrogens (tertiary/aromatic N) is 1. The van der Waals surface area contributed by atoms with Crippen molar-refractivity contribution in [3.05, 3.63) is 83.5 Å². The Bertz CT molecular complexity index is 1160. The third kappa shape index (κ3) is 10.9. The van der Waals surface area contributed by atoms with Gasteiger partial charge in [0.2, 0.25) is 11.8 Å². The maximum Gasteiger partial charge on any atom is 1.00 e. The topological polar surface area (TPSA) is 123 Å². The minimum Gasteiger partial charge on any atom is -0.550 e. The van der Waals surface area contributed by atoms with E-state index in [0.29, 0.717) is 23.6 Å². The number of carboxylic acids is 1. The molecule has 0 radical (unpaired) electrons. The van der Waals surface area contributed by atoms with Crippen LogP contribution in [-0.2, 0) is 14.4 Å². The molecule has 1 aromatic heterocycles. The minimum absolute atomic E-state index is 0. The number of anilines is 1. The Morgan fingerprint density at radius 1 is 0.919 bits per heavy atom. The quantitative estimate of drug-likeness (QED) is 0.213. The molecule has 0 fully saturated rings. The summed E-state index contributed by atoms with van der Waals surface area (Å²) in [6.45, 7) is 0.445. The molecule has 0 bridgehead atoms. The van der Waals surface area contributed by atoms with E-state index in [-0.39, 0.29) is 54.9 Å². The molecule has 0 aliphatic heterocycles. The summed E-state index contributed by atoms with van der Waals surface area (Å²) in [5.74, 6) is -1.23. The standard InChI is InChI=1S/C27H29ClN4O4.Na/c28-22-7-5-6-21(16-22)19-10-12-20(13-11-19)23(17-27(35)36)32-26(34)18-31-25(33)9-2-4-15-30-24-8-1-3-14-29-24;/h1,3,5-8,10-14,16,23H,2,4,9,15,17-18H2,(H,29,30)(H,31,33)(H,32,34)(H,35,36);/q;+1/p-1. The molecule has 2 amide bonds. The van der Waals surface area contributed by atoms with E-state index in [0.717, 1.165) is 23.4 Å². The summed E-state index contributed by atoms with van der Waals surface area (Å²) >= 11 is 6.05. The predicted molar refractivity (Wildman–Crippen MR) is 137 cm³/mol. The van der Waals surface area contributed by atoms with Gasteiger partial charge in [-0.1, -0.05) is 54.1 Å². The van der Waals surface area contributed by atoms with Crippen LogP contribution in [0.25, 0.3) is 11.1 Å². The number of carbonyl (C=O) groups is 3. The molecule has 8 nitrogen and oxygen atoms in total. The number of aliphatic carboxylic acids is 1. The molecule has 3 rings (SSSR count). The Balaban J connectivity index is 0.00000481. The average molecular weight is 531 g/mol. The Hall–Kier alpha value is -2.91. The summed E-state index contributed by atoms with van der Waals surface area (Å²) in [6.07, 6.45) is 3.02. The van der Waals surface area contributed by atoms with Crippen LogP contribution in [0, 0.1) is 0 Å². The molecule has 3 N–H and O–H groups in total. The first-order chi connectivity index (χ1) is 17.4. The van der Waals surface area contributed by atoms with Crippen LogP contribution in [0.4, 0.5) is 5.82 Å². The van der Waals surface area contributed by atoms with Gasteiger partial charge in [0.05, 0.1) is 12.6 Å². The van der Waals surface area contributed by atoms with Crippen molar-refractivity contribution in [2.45, 2.75) is 31.7 Å². The van der Waals surface area contributed by atoms with Crippen LogP contribution < -0.4 is 50.6 Å². The van der Waals surface area contributed by atoms with Crippen LogP contribution in [-0.4, -0.2) is 35.9 Å². The number of unbranched alkanes of at least 4 members (excludes halogenated alkanes) is 1. The number of hydrogen-bond acceptors (Lipinski definition) is 6. The smallest absolute Gasteiger partial charge is 0.550 e. The van der Waals surface area contributed by atoms with Crippen molar-refractivity contribution >= 4 is 35.2 Å². The second-order valence-electron chi connectivity index (χ2n) is 8.20. The van der Waals surface area contributed by atoms with Crippen molar-refractivity contribution in [3.8, 4) is 11.1 Å². The summed E-state index contributed by atoms with van der Waals surface area (Å²) in [7, 11) is 0. The molecule has 3 aromatic rings. The normalized spacial score (nSPS) is 11.1. The second kappa shape index (κ2) is 16.0. The molecular weight excluding hydrogens is 503 g/mol. The van der Waals surface area contributed by atoms with Gasteiger partial charge in [0.15, 0.2) is 0 Å². The fraction of sp³-hybridized carbons (Fsp3) is 0.259. The van der Waals surface area contributed by atoms with Crippen LogP contribution in [0.3, 0.4) is 0 Å². The summed E-state index contributed by atoms with van der Waals surface area (Å²) in [5, 5.41) is 20.3. The molecular formula is C27H28ClN4NaO4. The third-order valence-corrected chi connectivity index (χ3v) is 5.66. The van der Waals surface area contributed by atoms with Gasteiger partial charge in [-0.25, -0.2) is 4.98 Å². The molecule has 0 aliphatic carbocycles. The molecule has 1 heterocycles. The van der Waals surface area contributed by atoms with Gasteiger partial charge < -0.3 is 25.9 Å². The number of carboxylic acid groups (broad SMARTS) is 1. The van der Waals surface area contributed by atoms with Crippen molar-refractivity contribution in [1.82, 2.24) is 15.6 Å². The zero-order chi connectivity index (χ0) is 25.8. The van der Waals surface area contributed by atoms with E-state index in [9.17, 15) is 19.5 Å². The summed E-state index contributed by atoms with van der Waals surface area (Å²) in [4.78, 5) is 39.9. The SMILES string of the molecule is O=C([O-])CC(NC(=O)CNC(=O)CCCCNc1ccccn1)c1ccc(-c2cccc(Cl)c2)cc1.[Na+].